The first kappa shape index (κ1) is 20.5. The normalized spacial score (nSPS) is 13.0. The van der Waals surface area contributed by atoms with E-state index in [0.29, 0.717) is 18.2 Å². The quantitative estimate of drug-likeness (QED) is 0.577. The summed E-state index contributed by atoms with van der Waals surface area (Å²) < 4.78 is 11.4. The van der Waals surface area contributed by atoms with Crippen molar-refractivity contribution >= 4 is 40.6 Å². The predicted molar refractivity (Wildman–Crippen MR) is 118 cm³/mol. The molecule has 0 unspecified atom stereocenters. The Morgan fingerprint density at radius 2 is 1.82 bits per heavy atom. The standard InChI is InChI=1S/C22H21ClN2O2.ClH/c1-26-12-13-27-21-18(22-24-10-11-25-22)14-15-6-2-3-7-16(15)20(21)17-8-4-5-9-19(17)23;/h2-9,14H,10-13H2,1H3,(H,24,25);1H. The molecular formula is C22H22Cl2N2O2. The number of hydrogen-bond donors (Lipinski definition) is 1. The minimum absolute atomic E-state index is 0. The molecule has 3 aromatic rings. The van der Waals surface area contributed by atoms with E-state index in [-0.39, 0.29) is 12.4 Å². The summed E-state index contributed by atoms with van der Waals surface area (Å²) >= 11 is 6.58. The number of benzene rings is 3. The van der Waals surface area contributed by atoms with Crippen molar-refractivity contribution in [3.8, 4) is 16.9 Å². The van der Waals surface area contributed by atoms with Gasteiger partial charge < -0.3 is 14.8 Å². The van der Waals surface area contributed by atoms with Crippen molar-refractivity contribution in [1.29, 1.82) is 0 Å². The molecule has 4 nitrogen and oxygen atoms in total. The third-order valence-electron chi connectivity index (χ3n) is 4.61. The Balaban J connectivity index is 0.00000225. The highest BCUT2D eigenvalue weighted by Gasteiger charge is 2.22. The number of aliphatic imine (C=N–C) groups is 1. The summed E-state index contributed by atoms with van der Waals surface area (Å²) in [5, 5.41) is 6.28. The Kier molecular flexibility index (Phi) is 6.79. The number of methoxy groups -OCH3 is 1. The first-order valence-corrected chi connectivity index (χ1v) is 9.38. The highest BCUT2D eigenvalue weighted by molar-refractivity contribution is 6.34. The molecule has 6 heteroatoms. The largest absolute Gasteiger partial charge is 0.490 e. The molecule has 0 spiro atoms. The highest BCUT2D eigenvalue weighted by Crippen LogP contribution is 2.43. The number of amidine groups is 1. The van der Waals surface area contributed by atoms with Crippen molar-refractivity contribution in [3.05, 3.63) is 65.2 Å². The van der Waals surface area contributed by atoms with Crippen LogP contribution in [0.4, 0.5) is 0 Å². The first-order chi connectivity index (χ1) is 13.3. The summed E-state index contributed by atoms with van der Waals surface area (Å²) in [6, 6.07) is 18.3. The van der Waals surface area contributed by atoms with Crippen LogP contribution in [-0.4, -0.2) is 39.2 Å². The smallest absolute Gasteiger partial charge is 0.138 e. The van der Waals surface area contributed by atoms with Gasteiger partial charge in [-0.05, 0) is 22.9 Å². The molecule has 0 aromatic heterocycles. The van der Waals surface area contributed by atoms with Gasteiger partial charge in [0, 0.05) is 29.8 Å². The van der Waals surface area contributed by atoms with Gasteiger partial charge in [0.2, 0.25) is 0 Å². The van der Waals surface area contributed by atoms with Crippen LogP contribution in [0, 0.1) is 0 Å². The predicted octanol–water partition coefficient (Wildman–Crippen LogP) is 4.96. The topological polar surface area (TPSA) is 42.9 Å². The maximum absolute atomic E-state index is 6.58. The fraction of sp³-hybridized carbons (Fsp3) is 0.227. The van der Waals surface area contributed by atoms with Crippen LogP contribution in [-0.2, 0) is 4.74 Å². The van der Waals surface area contributed by atoms with E-state index in [9.17, 15) is 0 Å². The Bertz CT molecular complexity index is 1000. The van der Waals surface area contributed by atoms with E-state index >= 15 is 0 Å². The molecule has 0 aliphatic carbocycles. The number of nitrogens with one attached hydrogen (secondary N) is 1. The average molecular weight is 417 g/mol. The van der Waals surface area contributed by atoms with Crippen LogP contribution in [0.1, 0.15) is 5.56 Å². The molecule has 0 radical (unpaired) electrons. The fourth-order valence-corrected chi connectivity index (χ4v) is 3.62. The second-order valence-electron chi connectivity index (χ2n) is 6.33. The molecule has 1 aliphatic heterocycles. The van der Waals surface area contributed by atoms with Crippen LogP contribution in [0.2, 0.25) is 5.02 Å². The lowest BCUT2D eigenvalue weighted by Gasteiger charge is -2.20. The van der Waals surface area contributed by atoms with Crippen molar-refractivity contribution < 1.29 is 9.47 Å². The van der Waals surface area contributed by atoms with Gasteiger partial charge in [0.05, 0.1) is 18.7 Å². The van der Waals surface area contributed by atoms with Gasteiger partial charge in [-0.1, -0.05) is 54.1 Å². The lowest BCUT2D eigenvalue weighted by Crippen LogP contribution is -2.21. The number of ether oxygens (including phenoxy) is 2. The van der Waals surface area contributed by atoms with Crippen LogP contribution in [0.3, 0.4) is 0 Å². The number of fused-ring (bicyclic) bond motifs is 1. The molecule has 1 aliphatic rings. The van der Waals surface area contributed by atoms with E-state index in [1.54, 1.807) is 7.11 Å². The molecule has 0 bridgehead atoms. The van der Waals surface area contributed by atoms with Gasteiger partial charge in [0.25, 0.3) is 0 Å². The van der Waals surface area contributed by atoms with Gasteiger partial charge in [0.15, 0.2) is 0 Å². The minimum atomic E-state index is 0. The van der Waals surface area contributed by atoms with Gasteiger partial charge in [-0.2, -0.15) is 0 Å². The maximum atomic E-state index is 6.58. The van der Waals surface area contributed by atoms with Crippen LogP contribution in [0.25, 0.3) is 21.9 Å². The van der Waals surface area contributed by atoms with Crippen LogP contribution in [0.15, 0.2) is 59.6 Å². The fourth-order valence-electron chi connectivity index (χ4n) is 3.39. The van der Waals surface area contributed by atoms with Crippen molar-refractivity contribution in [3.63, 3.8) is 0 Å². The summed E-state index contributed by atoms with van der Waals surface area (Å²) in [5.74, 6) is 1.65. The lowest BCUT2D eigenvalue weighted by molar-refractivity contribution is 0.146. The SMILES string of the molecule is COCCOc1c(C2=NCCN2)cc2ccccc2c1-c1ccccc1Cl.Cl. The Hall–Kier alpha value is -2.27. The van der Waals surface area contributed by atoms with Crippen molar-refractivity contribution in [1.82, 2.24) is 5.32 Å². The van der Waals surface area contributed by atoms with E-state index in [1.165, 1.54) is 0 Å². The average Bonchev–Trinajstić information content (AvgIpc) is 3.23. The first-order valence-electron chi connectivity index (χ1n) is 9.00. The third kappa shape index (κ3) is 3.95. The van der Waals surface area contributed by atoms with Crippen molar-refractivity contribution in [2.24, 2.45) is 4.99 Å². The Morgan fingerprint density at radius 1 is 1.04 bits per heavy atom. The third-order valence-corrected chi connectivity index (χ3v) is 4.94. The summed E-state index contributed by atoms with van der Waals surface area (Å²) in [6.45, 7) is 2.56. The summed E-state index contributed by atoms with van der Waals surface area (Å²) in [5.41, 5.74) is 2.89. The zero-order chi connectivity index (χ0) is 18.6. The van der Waals surface area contributed by atoms with Crippen LogP contribution >= 0.6 is 24.0 Å². The van der Waals surface area contributed by atoms with Crippen LogP contribution in [0.5, 0.6) is 5.75 Å². The number of rotatable bonds is 6. The number of nitrogens with zero attached hydrogens (tertiary/aromatic N) is 1. The second-order valence-corrected chi connectivity index (χ2v) is 6.73. The van der Waals surface area contributed by atoms with E-state index in [4.69, 9.17) is 21.1 Å². The van der Waals surface area contributed by atoms with E-state index in [1.807, 2.05) is 36.4 Å². The molecule has 0 saturated carbocycles. The Morgan fingerprint density at radius 3 is 2.57 bits per heavy atom. The van der Waals surface area contributed by atoms with Gasteiger partial charge in [-0.25, -0.2) is 0 Å². The number of halogens is 2. The molecule has 1 N–H and O–H groups in total. The van der Waals surface area contributed by atoms with Gasteiger partial charge >= 0.3 is 0 Å². The minimum Gasteiger partial charge on any atom is -0.490 e. The summed E-state index contributed by atoms with van der Waals surface area (Å²) in [6.07, 6.45) is 0. The molecule has 3 aromatic carbocycles. The Labute approximate surface area is 175 Å². The zero-order valence-corrected chi connectivity index (χ0v) is 17.1. The molecular weight excluding hydrogens is 395 g/mol. The van der Waals surface area contributed by atoms with Crippen molar-refractivity contribution in [2.45, 2.75) is 0 Å². The maximum Gasteiger partial charge on any atom is 0.138 e. The summed E-state index contributed by atoms with van der Waals surface area (Å²) in [7, 11) is 1.67. The lowest BCUT2D eigenvalue weighted by atomic mass is 9.93. The second kappa shape index (κ2) is 9.28. The molecule has 0 fully saturated rings. The van der Waals surface area contributed by atoms with Gasteiger partial charge in [-0.3, -0.25) is 4.99 Å². The molecule has 28 heavy (non-hydrogen) atoms. The van der Waals surface area contributed by atoms with Gasteiger partial charge in [0.1, 0.15) is 18.2 Å². The van der Waals surface area contributed by atoms with Crippen LogP contribution < -0.4 is 10.1 Å². The molecule has 1 heterocycles. The number of hydrogen-bond acceptors (Lipinski definition) is 4. The van der Waals surface area contributed by atoms with E-state index in [2.05, 4.69) is 28.5 Å². The molecule has 0 amide bonds. The molecule has 0 atom stereocenters. The highest BCUT2D eigenvalue weighted by atomic mass is 35.5. The van der Waals surface area contributed by atoms with Gasteiger partial charge in [-0.15, -0.1) is 12.4 Å². The molecule has 4 rings (SSSR count). The van der Waals surface area contributed by atoms with E-state index in [0.717, 1.165) is 52.1 Å². The monoisotopic (exact) mass is 416 g/mol. The zero-order valence-electron chi connectivity index (χ0n) is 15.6. The summed E-state index contributed by atoms with van der Waals surface area (Å²) in [4.78, 5) is 4.62. The molecule has 0 saturated heterocycles. The van der Waals surface area contributed by atoms with E-state index < -0.39 is 0 Å². The molecule has 146 valence electrons. The van der Waals surface area contributed by atoms with Crippen molar-refractivity contribution in [2.75, 3.05) is 33.4 Å².